The molecule has 1 N–H and O–H groups in total. The molecule has 0 aliphatic rings. The summed E-state index contributed by atoms with van der Waals surface area (Å²) in [5, 5.41) is 1.64. The fourth-order valence-corrected chi connectivity index (χ4v) is 2.94. The highest BCUT2D eigenvalue weighted by atomic mass is 32.2. The number of carbonyl (C=O) groups is 1. The van der Waals surface area contributed by atoms with Gasteiger partial charge in [0.25, 0.3) is 5.56 Å². The third-order valence-corrected chi connectivity index (χ3v) is 4.29. The first-order valence-electron chi connectivity index (χ1n) is 6.38. The molecule has 1 aromatic carbocycles. The Morgan fingerprint density at radius 2 is 2.15 bits per heavy atom. The molecule has 0 bridgehead atoms. The Balaban J connectivity index is 2.04. The van der Waals surface area contributed by atoms with Crippen molar-refractivity contribution in [2.45, 2.75) is 12.7 Å². The fraction of sp³-hybridized carbons (Fsp3) is 0.333. The van der Waals surface area contributed by atoms with Gasteiger partial charge in [-0.15, -0.1) is 0 Å². The van der Waals surface area contributed by atoms with E-state index in [1.165, 1.54) is 7.11 Å². The summed E-state index contributed by atoms with van der Waals surface area (Å²) in [6.07, 6.45) is 0. The lowest BCUT2D eigenvalue weighted by Crippen LogP contribution is -2.15. The van der Waals surface area contributed by atoms with Crippen LogP contribution in [-0.2, 0) is 15.3 Å². The van der Waals surface area contributed by atoms with Gasteiger partial charge in [0.05, 0.1) is 13.0 Å². The van der Waals surface area contributed by atoms with Crippen molar-refractivity contribution >= 4 is 28.5 Å². The molecule has 2 rings (SSSR count). The minimum atomic E-state index is -0.204. The third-order valence-electron chi connectivity index (χ3n) is 3.04. The summed E-state index contributed by atoms with van der Waals surface area (Å²) in [4.78, 5) is 26.1. The zero-order chi connectivity index (χ0) is 14.5. The van der Waals surface area contributed by atoms with Crippen LogP contribution in [0.4, 0.5) is 0 Å². The first kappa shape index (κ1) is 14.7. The second kappa shape index (κ2) is 6.61. The molecule has 106 valence electrons. The largest absolute Gasteiger partial charge is 0.469 e. The molecule has 0 saturated carbocycles. The van der Waals surface area contributed by atoms with Crippen LogP contribution >= 0.6 is 11.8 Å². The number of thioether (sulfide) groups is 1. The SMILES string of the molecule is COC(=O)[C@@H](C)CSCc1cc2ccccc2c(=O)[nH]1. The Hall–Kier alpha value is -1.75. The van der Waals surface area contributed by atoms with Gasteiger partial charge in [-0.25, -0.2) is 0 Å². The zero-order valence-electron chi connectivity index (χ0n) is 11.5. The maximum Gasteiger partial charge on any atom is 0.309 e. The van der Waals surface area contributed by atoms with Gasteiger partial charge in [0, 0.05) is 22.6 Å². The first-order valence-corrected chi connectivity index (χ1v) is 7.54. The Morgan fingerprint density at radius 1 is 1.40 bits per heavy atom. The summed E-state index contributed by atoms with van der Waals surface area (Å²) in [5.41, 5.74) is 0.801. The number of hydrogen-bond acceptors (Lipinski definition) is 4. The zero-order valence-corrected chi connectivity index (χ0v) is 12.3. The minimum Gasteiger partial charge on any atom is -0.469 e. The number of rotatable bonds is 5. The molecule has 0 spiro atoms. The van der Waals surface area contributed by atoms with Crippen LogP contribution in [0, 0.1) is 5.92 Å². The second-order valence-electron chi connectivity index (χ2n) is 4.65. The third kappa shape index (κ3) is 3.42. The summed E-state index contributed by atoms with van der Waals surface area (Å²) < 4.78 is 4.68. The molecule has 4 nitrogen and oxygen atoms in total. The highest BCUT2D eigenvalue weighted by molar-refractivity contribution is 7.98. The molecule has 20 heavy (non-hydrogen) atoms. The van der Waals surface area contributed by atoms with Crippen LogP contribution in [0.3, 0.4) is 0 Å². The number of hydrogen-bond donors (Lipinski definition) is 1. The molecular formula is C15H17NO3S. The molecule has 0 unspecified atom stereocenters. The van der Waals surface area contributed by atoms with E-state index in [1.54, 1.807) is 11.8 Å². The molecule has 0 radical (unpaired) electrons. The molecule has 5 heteroatoms. The van der Waals surface area contributed by atoms with E-state index in [0.717, 1.165) is 11.1 Å². The lowest BCUT2D eigenvalue weighted by Gasteiger charge is -2.08. The van der Waals surface area contributed by atoms with Crippen molar-refractivity contribution in [1.82, 2.24) is 4.98 Å². The quantitative estimate of drug-likeness (QED) is 0.860. The molecule has 0 amide bonds. The lowest BCUT2D eigenvalue weighted by molar-refractivity contribution is -0.143. The van der Waals surface area contributed by atoms with Gasteiger partial charge in [-0.3, -0.25) is 9.59 Å². The number of nitrogens with one attached hydrogen (secondary N) is 1. The number of pyridine rings is 1. The Morgan fingerprint density at radius 3 is 2.90 bits per heavy atom. The molecule has 1 atom stereocenters. The van der Waals surface area contributed by atoms with E-state index in [9.17, 15) is 9.59 Å². The van der Waals surface area contributed by atoms with Gasteiger partial charge in [0.1, 0.15) is 0 Å². The maximum atomic E-state index is 11.9. The summed E-state index contributed by atoms with van der Waals surface area (Å²) in [5.74, 6) is 0.991. The normalized spacial score (nSPS) is 12.3. The Labute approximate surface area is 121 Å². The van der Waals surface area contributed by atoms with E-state index in [4.69, 9.17) is 0 Å². The summed E-state index contributed by atoms with van der Waals surface area (Å²) in [6, 6.07) is 9.48. The van der Waals surface area contributed by atoms with Gasteiger partial charge in [-0.05, 0) is 17.5 Å². The van der Waals surface area contributed by atoms with Crippen molar-refractivity contribution in [2.24, 2.45) is 5.92 Å². The summed E-state index contributed by atoms with van der Waals surface area (Å²) in [6.45, 7) is 1.84. The van der Waals surface area contributed by atoms with E-state index in [1.807, 2.05) is 37.3 Å². The second-order valence-corrected chi connectivity index (χ2v) is 5.68. The van der Waals surface area contributed by atoms with E-state index < -0.39 is 0 Å². The van der Waals surface area contributed by atoms with Crippen molar-refractivity contribution in [3.05, 3.63) is 46.4 Å². The smallest absolute Gasteiger partial charge is 0.309 e. The van der Waals surface area contributed by atoms with Gasteiger partial charge in [0.15, 0.2) is 0 Å². The van der Waals surface area contributed by atoms with Gasteiger partial charge in [0.2, 0.25) is 0 Å². The Kier molecular flexibility index (Phi) is 4.84. The number of benzene rings is 1. The van der Waals surface area contributed by atoms with E-state index >= 15 is 0 Å². The average molecular weight is 291 g/mol. The van der Waals surface area contributed by atoms with Gasteiger partial charge in [-0.2, -0.15) is 11.8 Å². The average Bonchev–Trinajstić information content (AvgIpc) is 2.46. The molecule has 1 heterocycles. The molecular weight excluding hydrogens is 274 g/mol. The van der Waals surface area contributed by atoms with Crippen LogP contribution < -0.4 is 5.56 Å². The molecule has 0 aliphatic heterocycles. The topological polar surface area (TPSA) is 59.2 Å². The predicted octanol–water partition coefficient (Wildman–Crippen LogP) is 2.57. The van der Waals surface area contributed by atoms with E-state index in [0.29, 0.717) is 16.9 Å². The molecule has 0 fully saturated rings. The number of esters is 1. The number of aromatic amines is 1. The maximum absolute atomic E-state index is 11.9. The number of H-pyrrole nitrogens is 1. The number of ether oxygens (including phenoxy) is 1. The molecule has 0 saturated heterocycles. The van der Waals surface area contributed by atoms with Gasteiger partial charge < -0.3 is 9.72 Å². The van der Waals surface area contributed by atoms with Crippen LogP contribution in [0.25, 0.3) is 10.8 Å². The number of carbonyl (C=O) groups excluding carboxylic acids is 1. The highest BCUT2D eigenvalue weighted by Gasteiger charge is 2.12. The molecule has 2 aromatic rings. The van der Waals surface area contributed by atoms with Gasteiger partial charge in [-0.1, -0.05) is 25.1 Å². The van der Waals surface area contributed by atoms with Crippen molar-refractivity contribution in [3.8, 4) is 0 Å². The first-order chi connectivity index (χ1) is 9.61. The molecule has 0 aliphatic carbocycles. The van der Waals surface area contributed by atoms with Gasteiger partial charge >= 0.3 is 5.97 Å². The number of aromatic nitrogens is 1. The monoisotopic (exact) mass is 291 g/mol. The number of fused-ring (bicyclic) bond motifs is 1. The van der Waals surface area contributed by atoms with Crippen LogP contribution in [0.2, 0.25) is 0 Å². The fourth-order valence-electron chi connectivity index (χ4n) is 1.96. The van der Waals surface area contributed by atoms with Crippen LogP contribution in [0.15, 0.2) is 35.1 Å². The van der Waals surface area contributed by atoms with Crippen LogP contribution in [0.1, 0.15) is 12.6 Å². The predicted molar refractivity (Wildman–Crippen MR) is 81.9 cm³/mol. The van der Waals surface area contributed by atoms with Crippen LogP contribution in [0.5, 0.6) is 0 Å². The summed E-state index contributed by atoms with van der Waals surface area (Å²) >= 11 is 1.60. The molecule has 1 aromatic heterocycles. The van der Waals surface area contributed by atoms with Crippen molar-refractivity contribution in [3.63, 3.8) is 0 Å². The minimum absolute atomic E-state index is 0.0697. The summed E-state index contributed by atoms with van der Waals surface area (Å²) in [7, 11) is 1.39. The number of methoxy groups -OCH3 is 1. The Bertz CT molecular complexity index is 665. The van der Waals surface area contributed by atoms with Crippen molar-refractivity contribution in [1.29, 1.82) is 0 Å². The van der Waals surface area contributed by atoms with Crippen molar-refractivity contribution in [2.75, 3.05) is 12.9 Å². The van der Waals surface area contributed by atoms with Crippen molar-refractivity contribution < 1.29 is 9.53 Å². The van der Waals surface area contributed by atoms with E-state index in [-0.39, 0.29) is 17.4 Å². The lowest BCUT2D eigenvalue weighted by atomic mass is 10.1. The highest BCUT2D eigenvalue weighted by Crippen LogP contribution is 2.17. The van der Waals surface area contributed by atoms with E-state index in [2.05, 4.69) is 9.72 Å². The van der Waals surface area contributed by atoms with Crippen LogP contribution in [-0.4, -0.2) is 23.8 Å². The standard InChI is InChI=1S/C15H17NO3S/c1-10(15(18)19-2)8-20-9-12-7-11-5-3-4-6-13(11)14(17)16-12/h3-7,10H,8-9H2,1-2H3,(H,16,17)/t10-/m0/s1.